The largest absolute Gasteiger partial charge is 1.00 e. The van der Waals surface area contributed by atoms with Crippen LogP contribution in [0.2, 0.25) is 0 Å². The second kappa shape index (κ2) is 27.5. The van der Waals surface area contributed by atoms with Gasteiger partial charge in [-0.15, -0.1) is 0 Å². The molecule has 0 N–H and O–H groups in total. The van der Waals surface area contributed by atoms with Crippen molar-refractivity contribution in [2.45, 2.75) is 67.5 Å². The van der Waals surface area contributed by atoms with Gasteiger partial charge in [0.15, 0.2) is 0 Å². The predicted octanol–water partition coefficient (Wildman–Crippen LogP) is -0.940. The Balaban J connectivity index is 0.000000360. The van der Waals surface area contributed by atoms with Gasteiger partial charge in [0.2, 0.25) is 23.6 Å². The summed E-state index contributed by atoms with van der Waals surface area (Å²) >= 11 is 0. The first-order valence-electron chi connectivity index (χ1n) is 21.0. The molecule has 372 valence electrons. The number of furan rings is 2. The average molecular weight is 1080 g/mol. The van der Waals surface area contributed by atoms with E-state index in [9.17, 15) is 47.9 Å². The molecular weight excluding hydrogens is 1020 g/mol. The van der Waals surface area contributed by atoms with Crippen molar-refractivity contribution in [2.75, 3.05) is 37.4 Å². The molecule has 0 atom stereocenters. The number of rotatable bonds is 14. The molecule has 0 aliphatic carbocycles. The number of para-hydroxylation sites is 2. The third kappa shape index (κ3) is 16.3. The maximum absolute atomic E-state index is 12.6. The van der Waals surface area contributed by atoms with Crippen molar-refractivity contribution >= 4 is 85.0 Å². The number of pyridine rings is 2. The minimum Gasteiger partial charge on any atom is -0.790 e. The van der Waals surface area contributed by atoms with Crippen molar-refractivity contribution in [3.05, 3.63) is 130 Å². The SMILES string of the molecule is C.C.Cc1c(CN(C)C(=O)/C=C/c2cnc3c(c2)CCC(=O)N3COP(=O)([O-])[O-])oc2ccccc12.Cc1c(CN(C)C(=O)/C=C/c2cnc3c(c2)CCC(=O)N3COP(=O)([O-])[O-])oc2ccccc12.[K+].[K+]. The Morgan fingerprint density at radius 2 is 1.01 bits per heavy atom. The quantitative estimate of drug-likeness (QED) is 0.0723. The molecule has 0 saturated carbocycles. The first-order chi connectivity index (χ1) is 32.2. The summed E-state index contributed by atoms with van der Waals surface area (Å²) in [5.74, 6) is 0.635. The Morgan fingerprint density at radius 3 is 1.36 bits per heavy atom. The number of fused-ring (bicyclic) bond motifs is 4. The monoisotopic (exact) mass is 1080 g/mol. The summed E-state index contributed by atoms with van der Waals surface area (Å²) in [7, 11) is -7.10. The van der Waals surface area contributed by atoms with Crippen LogP contribution in [-0.2, 0) is 63.3 Å². The summed E-state index contributed by atoms with van der Waals surface area (Å²) in [4.78, 5) is 106. The van der Waals surface area contributed by atoms with Crippen molar-refractivity contribution in [1.82, 2.24) is 19.8 Å². The smallest absolute Gasteiger partial charge is 0.790 e. The average Bonchev–Trinajstić information content (AvgIpc) is 3.79. The zero-order valence-corrected chi connectivity index (χ0v) is 47.2. The predicted molar refractivity (Wildman–Crippen MR) is 254 cm³/mol. The van der Waals surface area contributed by atoms with Gasteiger partial charge in [-0.1, -0.05) is 51.3 Å². The Morgan fingerprint density at radius 1 is 0.653 bits per heavy atom. The van der Waals surface area contributed by atoms with Crippen LogP contribution in [0.15, 0.2) is 94.0 Å². The van der Waals surface area contributed by atoms with E-state index in [-0.39, 0.29) is 154 Å². The Hall–Kier alpha value is -3.33. The van der Waals surface area contributed by atoms with Crippen LogP contribution < -0.4 is 132 Å². The third-order valence-electron chi connectivity index (χ3n) is 11.2. The number of phosphoric ester groups is 2. The summed E-state index contributed by atoms with van der Waals surface area (Å²) in [5.41, 5.74) is 6.16. The molecule has 0 saturated heterocycles. The molecule has 0 unspecified atom stereocenters. The van der Waals surface area contributed by atoms with Crippen LogP contribution in [0.5, 0.6) is 0 Å². The molecule has 0 spiro atoms. The number of carbonyl (C=O) groups excluding carboxylic acids is 4. The van der Waals surface area contributed by atoms with Crippen LogP contribution in [0.3, 0.4) is 0 Å². The molecule has 2 aliphatic heterocycles. The second-order valence-corrected chi connectivity index (χ2v) is 18.2. The topological polar surface area (TPSA) is 278 Å². The summed E-state index contributed by atoms with van der Waals surface area (Å²) in [6.07, 6.45) is 9.98. The number of hydrogen-bond donors (Lipinski definition) is 0. The zero-order valence-electron chi connectivity index (χ0n) is 39.2. The number of anilines is 2. The van der Waals surface area contributed by atoms with Gasteiger partial charge in [0, 0.05) is 73.4 Å². The molecule has 0 fully saturated rings. The molecule has 2 aliphatic rings. The van der Waals surface area contributed by atoms with E-state index in [1.807, 2.05) is 62.4 Å². The first-order valence-corrected chi connectivity index (χ1v) is 23.9. The molecule has 2 aromatic carbocycles. The number of amides is 4. The number of carbonyl (C=O) groups is 4. The van der Waals surface area contributed by atoms with Gasteiger partial charge in [0.1, 0.15) is 47.8 Å². The van der Waals surface area contributed by atoms with Gasteiger partial charge < -0.3 is 56.4 Å². The molecule has 0 radical (unpaired) electrons. The maximum Gasteiger partial charge on any atom is 1.00 e. The van der Waals surface area contributed by atoms with Crippen LogP contribution in [0.4, 0.5) is 11.6 Å². The number of benzene rings is 2. The summed E-state index contributed by atoms with van der Waals surface area (Å²) in [6, 6.07) is 18.9. The van der Waals surface area contributed by atoms with Crippen molar-refractivity contribution in [1.29, 1.82) is 0 Å². The normalized spacial score (nSPS) is 13.3. The minimum atomic E-state index is -5.23. The molecule has 72 heavy (non-hydrogen) atoms. The van der Waals surface area contributed by atoms with E-state index in [4.69, 9.17) is 8.83 Å². The van der Waals surface area contributed by atoms with Gasteiger partial charge in [-0.3, -0.25) is 29.0 Å². The number of phosphoric acid groups is 2. The van der Waals surface area contributed by atoms with Gasteiger partial charge in [0.05, 0.1) is 28.7 Å². The summed E-state index contributed by atoms with van der Waals surface area (Å²) < 4.78 is 41.8. The van der Waals surface area contributed by atoms with Crippen molar-refractivity contribution in [3.8, 4) is 0 Å². The van der Waals surface area contributed by atoms with Crippen LogP contribution in [0.25, 0.3) is 34.1 Å². The van der Waals surface area contributed by atoms with Gasteiger partial charge in [0.25, 0.3) is 0 Å². The van der Waals surface area contributed by atoms with E-state index in [1.165, 1.54) is 34.3 Å². The van der Waals surface area contributed by atoms with E-state index in [1.54, 1.807) is 38.4 Å². The van der Waals surface area contributed by atoms with Crippen molar-refractivity contribution in [2.24, 2.45) is 0 Å². The van der Waals surface area contributed by atoms with Crippen molar-refractivity contribution in [3.63, 3.8) is 0 Å². The fourth-order valence-corrected chi connectivity index (χ4v) is 8.03. The van der Waals surface area contributed by atoms with Crippen LogP contribution in [0.1, 0.15) is 72.6 Å². The number of aromatic nitrogens is 2. The van der Waals surface area contributed by atoms with E-state index in [2.05, 4.69) is 19.0 Å². The Kier molecular flexibility index (Phi) is 24.0. The number of hydrogen-bond acceptors (Lipinski definition) is 16. The van der Waals surface area contributed by atoms with E-state index in [0.717, 1.165) is 42.9 Å². The standard InChI is InChI=1S/2C23H24N3O7P.2CH4.2K/c2*1-15-18-5-3-4-6-19(18)33-20(15)13-25(2)21(27)9-7-16-11-17-8-10-22(28)26(23(17)24-12-16)14-32-34(29,30)31;;;;/h2*3-7,9,11-12H,8,10,13-14H2,1-2H3,(H2,29,30,31);2*1H4;;/q;;;;2*+1/p-4/b2*9-7+;;;;. The van der Waals surface area contributed by atoms with Gasteiger partial charge in [-0.2, -0.15) is 0 Å². The fourth-order valence-electron chi connectivity index (χ4n) is 7.52. The van der Waals surface area contributed by atoms with E-state index < -0.39 is 40.9 Å². The molecule has 8 rings (SSSR count). The third-order valence-corrected chi connectivity index (χ3v) is 12.0. The molecule has 0 bridgehead atoms. The first kappa shape index (κ1) is 63.0. The number of nitrogens with zero attached hydrogens (tertiary/aromatic N) is 6. The molecule has 6 aromatic rings. The molecule has 4 amide bonds. The van der Waals surface area contributed by atoms with E-state index in [0.29, 0.717) is 59.7 Å². The number of likely N-dealkylation sites (N-methyl/N-ethyl adjacent to an activating group) is 2. The van der Waals surface area contributed by atoms with Crippen molar-refractivity contribution < 1.29 is 169 Å². The summed E-state index contributed by atoms with van der Waals surface area (Å²) in [5, 5.41) is 2.03. The molecule has 6 heterocycles. The molecular formula is C48H52K2N6O14P2-2. The maximum atomic E-state index is 12.6. The van der Waals surface area contributed by atoms with Crippen LogP contribution in [-0.4, -0.2) is 71.0 Å². The van der Waals surface area contributed by atoms with Gasteiger partial charge >= 0.3 is 103 Å². The fraction of sp³-hybridized carbons (Fsp3) is 0.292. The minimum absolute atomic E-state index is 0. The zero-order chi connectivity index (χ0) is 48.9. The summed E-state index contributed by atoms with van der Waals surface area (Å²) in [6.45, 7) is 3.10. The van der Waals surface area contributed by atoms with Gasteiger partial charge in [-0.25, -0.2) is 9.97 Å². The Labute approximate surface area is 502 Å². The second-order valence-electron chi connectivity index (χ2n) is 15.9. The van der Waals surface area contributed by atoms with Crippen LogP contribution >= 0.6 is 15.6 Å². The molecule has 20 nitrogen and oxygen atoms in total. The number of aryl methyl sites for hydroxylation is 4. The van der Waals surface area contributed by atoms with E-state index >= 15 is 0 Å². The van der Waals surface area contributed by atoms with Gasteiger partial charge in [-0.05, 0) is 85.4 Å². The molecule has 4 aromatic heterocycles. The Bertz CT molecular complexity index is 2870. The molecule has 24 heteroatoms. The van der Waals surface area contributed by atoms with Crippen LogP contribution in [0, 0.1) is 13.8 Å².